The maximum absolute atomic E-state index is 2.36. The number of rotatable bonds is 3. The largest absolute Gasteiger partial charge is 0.412 e. The lowest BCUT2D eigenvalue weighted by atomic mass is 10.00. The standard InChI is InChI=1S/C14H16.H2O/c1-3-7-13(8-4-1)11-12-14-9-5-2-6-10-14;/h1,3-5,7-10H,2,6,11-12H2;1H2. The molecular weight excluding hydrogens is 184 g/mol. The lowest BCUT2D eigenvalue weighted by molar-refractivity contribution is 0.824. The molecule has 0 fully saturated rings. The Balaban J connectivity index is 0.00000112. The van der Waals surface area contributed by atoms with E-state index >= 15 is 0 Å². The summed E-state index contributed by atoms with van der Waals surface area (Å²) in [6.45, 7) is 0. The van der Waals surface area contributed by atoms with E-state index in [4.69, 9.17) is 0 Å². The van der Waals surface area contributed by atoms with Gasteiger partial charge in [0.2, 0.25) is 0 Å². The molecule has 1 nitrogen and oxygen atoms in total. The summed E-state index contributed by atoms with van der Waals surface area (Å²) in [7, 11) is 0. The van der Waals surface area contributed by atoms with Gasteiger partial charge in [-0.05, 0) is 31.2 Å². The van der Waals surface area contributed by atoms with Crippen LogP contribution in [0.25, 0.3) is 0 Å². The van der Waals surface area contributed by atoms with Gasteiger partial charge in [-0.25, -0.2) is 0 Å². The zero-order valence-corrected chi connectivity index (χ0v) is 8.95. The molecule has 0 aromatic heterocycles. The van der Waals surface area contributed by atoms with E-state index in [2.05, 4.69) is 48.6 Å². The third-order valence-corrected chi connectivity index (χ3v) is 2.62. The molecular formula is C14H18O. The molecule has 0 saturated heterocycles. The van der Waals surface area contributed by atoms with E-state index in [9.17, 15) is 0 Å². The van der Waals surface area contributed by atoms with E-state index in [-0.39, 0.29) is 5.48 Å². The first-order chi connectivity index (χ1) is 6.95. The van der Waals surface area contributed by atoms with Gasteiger partial charge in [0.15, 0.2) is 0 Å². The smallest absolute Gasteiger partial charge is 0.0238 e. The molecule has 1 aliphatic carbocycles. The van der Waals surface area contributed by atoms with E-state index in [0.717, 1.165) is 6.42 Å². The minimum absolute atomic E-state index is 0. The van der Waals surface area contributed by atoms with Crippen LogP contribution in [0.3, 0.4) is 0 Å². The van der Waals surface area contributed by atoms with Crippen LogP contribution in [0.5, 0.6) is 0 Å². The average molecular weight is 202 g/mol. The normalized spacial score (nSPS) is 14.3. The topological polar surface area (TPSA) is 31.5 Å². The minimum atomic E-state index is 0. The Labute approximate surface area is 91.4 Å². The highest BCUT2D eigenvalue weighted by atomic mass is 16.0. The summed E-state index contributed by atoms with van der Waals surface area (Å²) in [6.07, 6.45) is 11.7. The van der Waals surface area contributed by atoms with Gasteiger partial charge in [-0.1, -0.05) is 54.1 Å². The first-order valence-corrected chi connectivity index (χ1v) is 5.34. The van der Waals surface area contributed by atoms with Crippen molar-refractivity contribution in [3.8, 4) is 0 Å². The monoisotopic (exact) mass is 202 g/mol. The molecule has 0 aliphatic heterocycles. The summed E-state index contributed by atoms with van der Waals surface area (Å²) in [4.78, 5) is 0. The number of aryl methyl sites for hydroxylation is 1. The fourth-order valence-corrected chi connectivity index (χ4v) is 1.79. The Hall–Kier alpha value is -1.34. The van der Waals surface area contributed by atoms with Crippen molar-refractivity contribution < 1.29 is 5.48 Å². The molecule has 2 rings (SSSR count). The molecule has 1 aromatic rings. The quantitative estimate of drug-likeness (QED) is 0.721. The van der Waals surface area contributed by atoms with Crippen molar-refractivity contribution in [2.45, 2.75) is 25.7 Å². The highest BCUT2D eigenvalue weighted by Crippen LogP contribution is 2.15. The lowest BCUT2D eigenvalue weighted by Gasteiger charge is -2.06. The zero-order chi connectivity index (χ0) is 9.64. The molecule has 80 valence electrons. The first kappa shape index (κ1) is 11.7. The van der Waals surface area contributed by atoms with Crippen LogP contribution in [0.2, 0.25) is 0 Å². The summed E-state index contributed by atoms with van der Waals surface area (Å²) in [6, 6.07) is 10.7. The number of benzene rings is 1. The molecule has 0 saturated carbocycles. The number of hydrogen-bond acceptors (Lipinski definition) is 0. The van der Waals surface area contributed by atoms with Crippen LogP contribution in [0.4, 0.5) is 0 Å². The van der Waals surface area contributed by atoms with Gasteiger partial charge in [-0.15, -0.1) is 0 Å². The molecule has 0 unspecified atom stereocenters. The van der Waals surface area contributed by atoms with E-state index in [0.29, 0.717) is 0 Å². The van der Waals surface area contributed by atoms with Crippen LogP contribution in [-0.4, -0.2) is 5.48 Å². The zero-order valence-electron chi connectivity index (χ0n) is 8.95. The Morgan fingerprint density at radius 1 is 0.933 bits per heavy atom. The van der Waals surface area contributed by atoms with Crippen molar-refractivity contribution in [3.05, 3.63) is 59.7 Å². The van der Waals surface area contributed by atoms with Gasteiger partial charge < -0.3 is 5.48 Å². The van der Waals surface area contributed by atoms with Crippen LogP contribution in [0, 0.1) is 0 Å². The second-order valence-electron chi connectivity index (χ2n) is 3.74. The molecule has 0 spiro atoms. The van der Waals surface area contributed by atoms with Crippen molar-refractivity contribution >= 4 is 0 Å². The molecule has 0 heterocycles. The number of allylic oxidation sites excluding steroid dienone is 4. The van der Waals surface area contributed by atoms with Crippen LogP contribution in [0.1, 0.15) is 24.8 Å². The van der Waals surface area contributed by atoms with Crippen LogP contribution in [-0.2, 0) is 6.42 Å². The van der Waals surface area contributed by atoms with E-state index < -0.39 is 0 Å². The summed E-state index contributed by atoms with van der Waals surface area (Å²) in [5, 5.41) is 0. The van der Waals surface area contributed by atoms with E-state index in [1.807, 2.05) is 0 Å². The predicted molar refractivity (Wildman–Crippen MR) is 64.8 cm³/mol. The van der Waals surface area contributed by atoms with Gasteiger partial charge in [0.05, 0.1) is 0 Å². The van der Waals surface area contributed by atoms with Gasteiger partial charge in [0.25, 0.3) is 0 Å². The van der Waals surface area contributed by atoms with E-state index in [1.54, 1.807) is 0 Å². The molecule has 0 radical (unpaired) electrons. The van der Waals surface area contributed by atoms with Crippen LogP contribution >= 0.6 is 0 Å². The average Bonchev–Trinajstić information content (AvgIpc) is 2.29. The molecule has 0 atom stereocenters. The van der Waals surface area contributed by atoms with Gasteiger partial charge >= 0.3 is 0 Å². The van der Waals surface area contributed by atoms with Crippen LogP contribution < -0.4 is 0 Å². The van der Waals surface area contributed by atoms with Gasteiger partial charge in [-0.2, -0.15) is 0 Å². The Morgan fingerprint density at radius 2 is 1.73 bits per heavy atom. The van der Waals surface area contributed by atoms with Gasteiger partial charge in [-0.3, -0.25) is 0 Å². The maximum Gasteiger partial charge on any atom is -0.0238 e. The maximum atomic E-state index is 2.36. The molecule has 1 aromatic carbocycles. The Morgan fingerprint density at radius 3 is 2.40 bits per heavy atom. The summed E-state index contributed by atoms with van der Waals surface area (Å²) in [5.74, 6) is 0. The van der Waals surface area contributed by atoms with Crippen molar-refractivity contribution in [1.29, 1.82) is 0 Å². The second-order valence-corrected chi connectivity index (χ2v) is 3.74. The molecule has 0 amide bonds. The molecule has 1 heteroatoms. The molecule has 0 bridgehead atoms. The minimum Gasteiger partial charge on any atom is -0.412 e. The van der Waals surface area contributed by atoms with Gasteiger partial charge in [0, 0.05) is 0 Å². The van der Waals surface area contributed by atoms with Crippen molar-refractivity contribution in [3.63, 3.8) is 0 Å². The molecule has 1 aliphatic rings. The Bertz CT molecular complexity index is 336. The Kier molecular flexibility index (Phi) is 4.85. The third kappa shape index (κ3) is 3.72. The van der Waals surface area contributed by atoms with Crippen LogP contribution in [0.15, 0.2) is 54.1 Å². The van der Waals surface area contributed by atoms with Gasteiger partial charge in [0.1, 0.15) is 0 Å². The second kappa shape index (κ2) is 6.20. The molecule has 2 N–H and O–H groups in total. The summed E-state index contributed by atoms with van der Waals surface area (Å²) in [5.41, 5.74) is 2.94. The summed E-state index contributed by atoms with van der Waals surface area (Å²) < 4.78 is 0. The SMILES string of the molecule is C1=CC(CCc2ccccc2)=CCC1.O. The fourth-order valence-electron chi connectivity index (χ4n) is 1.79. The highest BCUT2D eigenvalue weighted by Gasteiger charge is 1.98. The predicted octanol–water partition coefficient (Wildman–Crippen LogP) is 3.07. The van der Waals surface area contributed by atoms with E-state index in [1.165, 1.54) is 30.4 Å². The highest BCUT2D eigenvalue weighted by molar-refractivity contribution is 5.24. The fraction of sp³-hybridized carbons (Fsp3) is 0.286. The van der Waals surface area contributed by atoms with Crippen molar-refractivity contribution in [2.75, 3.05) is 0 Å². The summed E-state index contributed by atoms with van der Waals surface area (Å²) >= 11 is 0. The number of hydrogen-bond donors (Lipinski definition) is 0. The van der Waals surface area contributed by atoms with Crippen molar-refractivity contribution in [1.82, 2.24) is 0 Å². The third-order valence-electron chi connectivity index (χ3n) is 2.62. The van der Waals surface area contributed by atoms with Crippen molar-refractivity contribution in [2.24, 2.45) is 0 Å². The first-order valence-electron chi connectivity index (χ1n) is 5.34. The lowest BCUT2D eigenvalue weighted by Crippen LogP contribution is -1.89. The molecule has 15 heavy (non-hydrogen) atoms.